The first kappa shape index (κ1) is 19.5. The van der Waals surface area contributed by atoms with Crippen molar-refractivity contribution in [3.05, 3.63) is 30.6 Å². The number of rotatable bonds is 7. The van der Waals surface area contributed by atoms with Crippen LogP contribution in [0, 0.1) is 5.92 Å². The van der Waals surface area contributed by atoms with Gasteiger partial charge < -0.3 is 14.4 Å². The van der Waals surface area contributed by atoms with Gasteiger partial charge in [-0.3, -0.25) is 4.55 Å². The van der Waals surface area contributed by atoms with Gasteiger partial charge in [0.25, 0.3) is 0 Å². The fourth-order valence-electron chi connectivity index (χ4n) is 3.23. The molecular formula is C18H24N4O4S. The summed E-state index contributed by atoms with van der Waals surface area (Å²) in [6.07, 6.45) is 3.46. The lowest BCUT2D eigenvalue weighted by Gasteiger charge is -2.32. The number of anilines is 1. The van der Waals surface area contributed by atoms with Gasteiger partial charge in [-0.25, -0.2) is 18.9 Å². The lowest BCUT2D eigenvalue weighted by Crippen LogP contribution is -2.38. The molecule has 0 bridgehead atoms. The van der Waals surface area contributed by atoms with E-state index < -0.39 is 11.3 Å². The molecule has 1 aromatic carbocycles. The summed E-state index contributed by atoms with van der Waals surface area (Å²) in [5.41, 5.74) is 1.75. The van der Waals surface area contributed by atoms with E-state index >= 15 is 0 Å². The minimum absolute atomic E-state index is 0.393. The van der Waals surface area contributed by atoms with Crippen LogP contribution in [0.15, 0.2) is 30.6 Å². The Labute approximate surface area is 161 Å². The monoisotopic (exact) mass is 392 g/mol. The quantitative estimate of drug-likeness (QED) is 0.697. The molecule has 1 saturated heterocycles. The van der Waals surface area contributed by atoms with Gasteiger partial charge in [-0.1, -0.05) is 0 Å². The van der Waals surface area contributed by atoms with Gasteiger partial charge in [-0.05, 0) is 37.0 Å². The predicted molar refractivity (Wildman–Crippen MR) is 104 cm³/mol. The minimum Gasteiger partial charge on any atom is -0.493 e. The highest BCUT2D eigenvalue weighted by Crippen LogP contribution is 2.32. The summed E-state index contributed by atoms with van der Waals surface area (Å²) in [6, 6.07) is 7.68. The minimum atomic E-state index is -1.95. The van der Waals surface area contributed by atoms with Crippen LogP contribution in [0.5, 0.6) is 11.5 Å². The lowest BCUT2D eigenvalue weighted by molar-refractivity contribution is 0.355. The Bertz CT molecular complexity index is 797. The summed E-state index contributed by atoms with van der Waals surface area (Å²) in [5.74, 6) is 2.61. The van der Waals surface area contributed by atoms with Crippen LogP contribution in [0.1, 0.15) is 12.8 Å². The number of benzene rings is 1. The summed E-state index contributed by atoms with van der Waals surface area (Å²) in [7, 11) is 3.22. The van der Waals surface area contributed by atoms with Crippen LogP contribution < -0.4 is 19.1 Å². The fraction of sp³-hybridized carbons (Fsp3) is 0.444. The first-order valence-electron chi connectivity index (χ1n) is 8.74. The van der Waals surface area contributed by atoms with Gasteiger partial charge in [0, 0.05) is 31.3 Å². The molecule has 9 heteroatoms. The van der Waals surface area contributed by atoms with Crippen LogP contribution in [-0.4, -0.2) is 52.6 Å². The summed E-state index contributed by atoms with van der Waals surface area (Å²) in [5, 5.41) is 0. The third-order valence-corrected chi connectivity index (χ3v) is 5.18. The molecule has 1 aromatic heterocycles. The Morgan fingerprint density at radius 2 is 1.93 bits per heavy atom. The Kier molecular flexibility index (Phi) is 6.59. The SMILES string of the molecule is COc1ccc(-c2cc(N3CCC(CNS(=O)O)CC3)ncn2)cc1OC. The maximum absolute atomic E-state index is 10.7. The Morgan fingerprint density at radius 3 is 2.59 bits per heavy atom. The standard InChI is InChI=1S/C18H24N4O4S/c1-25-16-4-3-14(9-17(16)26-2)15-10-18(20-12-19-15)22-7-5-13(6-8-22)11-21-27(23)24/h3-4,9-10,12-13,21H,5-8,11H2,1-2H3,(H,23,24). The lowest BCUT2D eigenvalue weighted by atomic mass is 9.97. The highest BCUT2D eigenvalue weighted by atomic mass is 32.2. The van der Waals surface area contributed by atoms with Crippen molar-refractivity contribution >= 4 is 17.1 Å². The highest BCUT2D eigenvalue weighted by molar-refractivity contribution is 7.77. The summed E-state index contributed by atoms with van der Waals surface area (Å²) in [4.78, 5) is 11.0. The van der Waals surface area contributed by atoms with Gasteiger partial charge in [0.1, 0.15) is 12.1 Å². The van der Waals surface area contributed by atoms with Gasteiger partial charge in [-0.2, -0.15) is 0 Å². The Balaban J connectivity index is 1.70. The molecule has 0 aliphatic carbocycles. The normalized spacial score (nSPS) is 16.2. The number of nitrogens with zero attached hydrogens (tertiary/aromatic N) is 3. The van der Waals surface area contributed by atoms with Crippen LogP contribution >= 0.6 is 0 Å². The van der Waals surface area contributed by atoms with Crippen LogP contribution in [0.3, 0.4) is 0 Å². The second-order valence-electron chi connectivity index (χ2n) is 6.36. The van der Waals surface area contributed by atoms with Crippen molar-refractivity contribution in [1.29, 1.82) is 0 Å². The van der Waals surface area contributed by atoms with E-state index in [0.29, 0.717) is 24.0 Å². The van der Waals surface area contributed by atoms with E-state index in [1.807, 2.05) is 24.3 Å². The first-order valence-corrected chi connectivity index (χ1v) is 9.85. The predicted octanol–water partition coefficient (Wildman–Crippen LogP) is 2.10. The van der Waals surface area contributed by atoms with Crippen molar-refractivity contribution in [3.63, 3.8) is 0 Å². The molecule has 2 aromatic rings. The molecule has 3 rings (SSSR count). The van der Waals surface area contributed by atoms with Crippen molar-refractivity contribution in [1.82, 2.24) is 14.7 Å². The number of aromatic nitrogens is 2. The molecule has 0 spiro atoms. The molecule has 2 heterocycles. The molecule has 0 amide bonds. The molecule has 27 heavy (non-hydrogen) atoms. The third-order valence-electron chi connectivity index (χ3n) is 4.77. The highest BCUT2D eigenvalue weighted by Gasteiger charge is 2.21. The molecule has 1 atom stereocenters. The second-order valence-corrected chi connectivity index (χ2v) is 7.15. The summed E-state index contributed by atoms with van der Waals surface area (Å²) in [6.45, 7) is 2.26. The van der Waals surface area contributed by atoms with Gasteiger partial charge in [0.05, 0.1) is 19.9 Å². The Morgan fingerprint density at radius 1 is 1.19 bits per heavy atom. The van der Waals surface area contributed by atoms with E-state index in [0.717, 1.165) is 43.0 Å². The zero-order valence-corrected chi connectivity index (χ0v) is 16.2. The van der Waals surface area contributed by atoms with Gasteiger partial charge in [-0.15, -0.1) is 0 Å². The molecule has 146 valence electrons. The zero-order chi connectivity index (χ0) is 19.2. The van der Waals surface area contributed by atoms with Crippen molar-refractivity contribution in [3.8, 4) is 22.8 Å². The van der Waals surface area contributed by atoms with E-state index in [2.05, 4.69) is 19.6 Å². The van der Waals surface area contributed by atoms with E-state index in [4.69, 9.17) is 14.0 Å². The Hall–Kier alpha value is -2.23. The number of hydrogen-bond acceptors (Lipinski definition) is 6. The molecule has 1 aliphatic heterocycles. The van der Waals surface area contributed by atoms with Crippen LogP contribution in [-0.2, 0) is 11.3 Å². The van der Waals surface area contributed by atoms with Gasteiger partial charge in [0.2, 0.25) is 11.3 Å². The third kappa shape index (κ3) is 4.94. The molecule has 0 saturated carbocycles. The van der Waals surface area contributed by atoms with Crippen molar-refractivity contribution in [2.45, 2.75) is 12.8 Å². The number of piperidine rings is 1. The van der Waals surface area contributed by atoms with E-state index in [-0.39, 0.29) is 0 Å². The van der Waals surface area contributed by atoms with Crippen LogP contribution in [0.25, 0.3) is 11.3 Å². The van der Waals surface area contributed by atoms with E-state index in [9.17, 15) is 4.21 Å². The molecule has 1 aliphatic rings. The molecule has 1 fully saturated rings. The van der Waals surface area contributed by atoms with E-state index in [1.54, 1.807) is 20.5 Å². The van der Waals surface area contributed by atoms with E-state index in [1.165, 1.54) is 0 Å². The largest absolute Gasteiger partial charge is 0.493 e. The summed E-state index contributed by atoms with van der Waals surface area (Å²) >= 11 is -1.95. The first-order chi connectivity index (χ1) is 13.1. The topological polar surface area (TPSA) is 96.8 Å². The zero-order valence-electron chi connectivity index (χ0n) is 15.4. The molecule has 8 nitrogen and oxygen atoms in total. The molecule has 2 N–H and O–H groups in total. The van der Waals surface area contributed by atoms with Gasteiger partial charge in [0.15, 0.2) is 11.5 Å². The number of methoxy groups -OCH3 is 2. The van der Waals surface area contributed by atoms with Crippen LogP contribution in [0.4, 0.5) is 5.82 Å². The van der Waals surface area contributed by atoms with Crippen LogP contribution in [0.2, 0.25) is 0 Å². The fourth-order valence-corrected chi connectivity index (χ4v) is 3.61. The average molecular weight is 392 g/mol. The average Bonchev–Trinajstić information content (AvgIpc) is 2.72. The maximum Gasteiger partial charge on any atom is 0.231 e. The molecular weight excluding hydrogens is 368 g/mol. The summed E-state index contributed by atoms with van der Waals surface area (Å²) < 4.78 is 32.8. The van der Waals surface area contributed by atoms with Crippen molar-refractivity contribution in [2.75, 3.05) is 38.8 Å². The number of hydrogen-bond donors (Lipinski definition) is 2. The smallest absolute Gasteiger partial charge is 0.231 e. The second kappa shape index (κ2) is 9.12. The van der Waals surface area contributed by atoms with Crippen molar-refractivity contribution < 1.29 is 18.2 Å². The molecule has 0 radical (unpaired) electrons. The van der Waals surface area contributed by atoms with Gasteiger partial charge >= 0.3 is 0 Å². The number of nitrogens with one attached hydrogen (secondary N) is 1. The number of ether oxygens (including phenoxy) is 2. The van der Waals surface area contributed by atoms with Crippen molar-refractivity contribution in [2.24, 2.45) is 5.92 Å². The maximum atomic E-state index is 10.7. The molecule has 1 unspecified atom stereocenters.